The van der Waals surface area contributed by atoms with E-state index in [1.165, 1.54) is 21.9 Å². The van der Waals surface area contributed by atoms with E-state index in [0.29, 0.717) is 29.5 Å². The number of amides is 1. The van der Waals surface area contributed by atoms with Crippen molar-refractivity contribution in [3.63, 3.8) is 0 Å². The Morgan fingerprint density at radius 1 is 1.20 bits per heavy atom. The van der Waals surface area contributed by atoms with E-state index in [0.717, 1.165) is 27.2 Å². The zero-order valence-corrected chi connectivity index (χ0v) is 18.1. The van der Waals surface area contributed by atoms with Gasteiger partial charge in [0.2, 0.25) is 0 Å². The average Bonchev–Trinajstić information content (AvgIpc) is 3.02. The maximum Gasteiger partial charge on any atom is 0.271 e. The van der Waals surface area contributed by atoms with Crippen LogP contribution in [-0.4, -0.2) is 33.4 Å². The van der Waals surface area contributed by atoms with E-state index in [4.69, 9.17) is 11.6 Å². The second kappa shape index (κ2) is 8.41. The second-order valence-electron chi connectivity index (χ2n) is 6.89. The predicted molar refractivity (Wildman–Crippen MR) is 121 cm³/mol. The highest BCUT2D eigenvalue weighted by Crippen LogP contribution is 2.24. The summed E-state index contributed by atoms with van der Waals surface area (Å²) in [5.74, 6) is -0.408. The fourth-order valence-corrected chi connectivity index (χ4v) is 4.31. The van der Waals surface area contributed by atoms with Crippen LogP contribution in [0.2, 0.25) is 5.02 Å². The van der Waals surface area contributed by atoms with Crippen molar-refractivity contribution in [2.24, 2.45) is 0 Å². The van der Waals surface area contributed by atoms with Crippen LogP contribution in [0.3, 0.4) is 0 Å². The highest BCUT2D eigenvalue weighted by atomic mass is 35.5. The third-order valence-electron chi connectivity index (χ3n) is 4.92. The first-order chi connectivity index (χ1) is 14.5. The Kier molecular flexibility index (Phi) is 5.69. The standard InChI is InChI=1S/C21H20ClN5O2S/c1-12-13(2)30-21-26-11-16(20(29)27(12)21)19(28)25-8-3-7-23-17-6-9-24-18-10-14(22)4-5-15(17)18/h4-6,9-11H,3,7-8H2,1-2H3,(H,23,24)(H,25,28). The average molecular weight is 442 g/mol. The van der Waals surface area contributed by atoms with Gasteiger partial charge in [-0.2, -0.15) is 0 Å². The number of hydrogen-bond acceptors (Lipinski definition) is 6. The first kappa shape index (κ1) is 20.3. The van der Waals surface area contributed by atoms with E-state index in [1.807, 2.05) is 38.1 Å². The van der Waals surface area contributed by atoms with Crippen LogP contribution in [0.1, 0.15) is 27.3 Å². The largest absolute Gasteiger partial charge is 0.384 e. The van der Waals surface area contributed by atoms with Crippen molar-refractivity contribution in [3.8, 4) is 0 Å². The van der Waals surface area contributed by atoms with E-state index in [1.54, 1.807) is 6.20 Å². The summed E-state index contributed by atoms with van der Waals surface area (Å²) in [5.41, 5.74) is 2.32. The number of aryl methyl sites for hydroxylation is 2. The van der Waals surface area contributed by atoms with Crippen LogP contribution >= 0.6 is 22.9 Å². The third-order valence-corrected chi connectivity index (χ3v) is 6.23. The van der Waals surface area contributed by atoms with Crippen molar-refractivity contribution in [2.45, 2.75) is 20.3 Å². The Labute approximate surface area is 181 Å². The molecule has 0 aliphatic rings. The van der Waals surface area contributed by atoms with Gasteiger partial charge in [-0.15, -0.1) is 11.3 Å². The molecule has 1 aromatic carbocycles. The molecule has 0 saturated heterocycles. The molecule has 9 heteroatoms. The molecule has 0 fully saturated rings. The van der Waals surface area contributed by atoms with E-state index in [9.17, 15) is 9.59 Å². The molecular weight excluding hydrogens is 422 g/mol. The number of benzene rings is 1. The molecule has 2 N–H and O–H groups in total. The maximum absolute atomic E-state index is 12.7. The Hall–Kier alpha value is -2.97. The minimum atomic E-state index is -0.408. The number of nitrogens with one attached hydrogen (secondary N) is 2. The number of rotatable bonds is 6. The lowest BCUT2D eigenvalue weighted by Crippen LogP contribution is -2.32. The minimum Gasteiger partial charge on any atom is -0.384 e. The SMILES string of the molecule is Cc1sc2ncc(C(=O)NCCCNc3ccnc4cc(Cl)ccc34)c(=O)n2c1C. The number of nitrogens with zero attached hydrogens (tertiary/aromatic N) is 3. The summed E-state index contributed by atoms with van der Waals surface area (Å²) in [6.07, 6.45) is 3.78. The number of hydrogen-bond donors (Lipinski definition) is 2. The van der Waals surface area contributed by atoms with Crippen LogP contribution in [0.25, 0.3) is 15.9 Å². The smallest absolute Gasteiger partial charge is 0.271 e. The van der Waals surface area contributed by atoms with Gasteiger partial charge < -0.3 is 10.6 Å². The van der Waals surface area contributed by atoms with Gasteiger partial charge in [-0.05, 0) is 44.5 Å². The number of halogens is 1. The Morgan fingerprint density at radius 3 is 2.87 bits per heavy atom. The number of fused-ring (bicyclic) bond motifs is 2. The number of carbonyl (C=O) groups excluding carboxylic acids is 1. The Balaban J connectivity index is 1.36. The fraction of sp³-hybridized carbons (Fsp3) is 0.238. The van der Waals surface area contributed by atoms with E-state index in [2.05, 4.69) is 20.6 Å². The van der Waals surface area contributed by atoms with Crippen molar-refractivity contribution < 1.29 is 4.79 Å². The monoisotopic (exact) mass is 441 g/mol. The molecule has 0 saturated carbocycles. The van der Waals surface area contributed by atoms with Crippen molar-refractivity contribution in [1.82, 2.24) is 19.7 Å². The Bertz CT molecular complexity index is 1310. The molecule has 0 spiro atoms. The first-order valence-electron chi connectivity index (χ1n) is 9.50. The summed E-state index contributed by atoms with van der Waals surface area (Å²) in [4.78, 5) is 35.3. The summed E-state index contributed by atoms with van der Waals surface area (Å²) in [6.45, 7) is 4.87. The van der Waals surface area contributed by atoms with Gasteiger partial charge in [0.1, 0.15) is 5.56 Å². The molecule has 154 valence electrons. The van der Waals surface area contributed by atoms with Crippen LogP contribution in [-0.2, 0) is 0 Å². The lowest BCUT2D eigenvalue weighted by Gasteiger charge is -2.10. The quantitative estimate of drug-likeness (QED) is 0.444. The van der Waals surface area contributed by atoms with Crippen molar-refractivity contribution >= 4 is 50.4 Å². The number of anilines is 1. The zero-order valence-electron chi connectivity index (χ0n) is 16.5. The molecular formula is C21H20ClN5O2S. The van der Waals surface area contributed by atoms with Crippen LogP contribution in [0, 0.1) is 13.8 Å². The van der Waals surface area contributed by atoms with Gasteiger partial charge in [-0.1, -0.05) is 11.6 Å². The van der Waals surface area contributed by atoms with Gasteiger partial charge >= 0.3 is 0 Å². The molecule has 4 aromatic rings. The molecule has 0 aliphatic heterocycles. The second-order valence-corrected chi connectivity index (χ2v) is 8.51. The number of pyridine rings is 1. The number of thiazole rings is 1. The number of aromatic nitrogens is 3. The van der Waals surface area contributed by atoms with Gasteiger partial charge in [0.25, 0.3) is 11.5 Å². The predicted octanol–water partition coefficient (Wildman–Crippen LogP) is 3.81. The van der Waals surface area contributed by atoms with Crippen LogP contribution in [0.15, 0.2) is 41.5 Å². The molecule has 0 atom stereocenters. The van der Waals surface area contributed by atoms with Gasteiger partial charge in [0, 0.05) is 52.2 Å². The molecule has 4 rings (SSSR count). The van der Waals surface area contributed by atoms with Gasteiger partial charge in [-0.3, -0.25) is 19.0 Å². The van der Waals surface area contributed by atoms with E-state index in [-0.39, 0.29) is 11.1 Å². The number of carbonyl (C=O) groups is 1. The normalized spacial score (nSPS) is 11.2. The van der Waals surface area contributed by atoms with Gasteiger partial charge in [-0.25, -0.2) is 4.98 Å². The summed E-state index contributed by atoms with van der Waals surface area (Å²) in [7, 11) is 0. The van der Waals surface area contributed by atoms with Gasteiger partial charge in [0.05, 0.1) is 5.52 Å². The molecule has 0 aliphatic carbocycles. The van der Waals surface area contributed by atoms with E-state index >= 15 is 0 Å². The summed E-state index contributed by atoms with van der Waals surface area (Å²) in [6, 6.07) is 7.49. The molecule has 0 unspecified atom stereocenters. The highest BCUT2D eigenvalue weighted by molar-refractivity contribution is 7.17. The molecule has 30 heavy (non-hydrogen) atoms. The van der Waals surface area contributed by atoms with Crippen LogP contribution in [0.5, 0.6) is 0 Å². The maximum atomic E-state index is 12.7. The minimum absolute atomic E-state index is 0.0540. The molecule has 7 nitrogen and oxygen atoms in total. The highest BCUT2D eigenvalue weighted by Gasteiger charge is 2.16. The van der Waals surface area contributed by atoms with Crippen molar-refractivity contribution in [3.05, 3.63) is 68.2 Å². The zero-order chi connectivity index (χ0) is 21.3. The molecule has 1 amide bonds. The molecule has 0 radical (unpaired) electrons. The van der Waals surface area contributed by atoms with Crippen LogP contribution < -0.4 is 16.2 Å². The molecule has 3 heterocycles. The lowest BCUT2D eigenvalue weighted by atomic mass is 10.2. The first-order valence-corrected chi connectivity index (χ1v) is 10.7. The molecule has 3 aromatic heterocycles. The lowest BCUT2D eigenvalue weighted by molar-refractivity contribution is 0.0951. The third kappa shape index (κ3) is 3.88. The van der Waals surface area contributed by atoms with Crippen LogP contribution in [0.4, 0.5) is 5.69 Å². The fourth-order valence-electron chi connectivity index (χ4n) is 3.22. The summed E-state index contributed by atoms with van der Waals surface area (Å²) >= 11 is 7.46. The van der Waals surface area contributed by atoms with Crippen molar-refractivity contribution in [1.29, 1.82) is 0 Å². The Morgan fingerprint density at radius 2 is 2.03 bits per heavy atom. The van der Waals surface area contributed by atoms with Gasteiger partial charge in [0.15, 0.2) is 4.96 Å². The summed E-state index contributed by atoms with van der Waals surface area (Å²) in [5, 5.41) is 7.79. The molecule has 0 bridgehead atoms. The van der Waals surface area contributed by atoms with Crippen molar-refractivity contribution in [2.75, 3.05) is 18.4 Å². The topological polar surface area (TPSA) is 88.4 Å². The van der Waals surface area contributed by atoms with E-state index < -0.39 is 5.91 Å². The summed E-state index contributed by atoms with van der Waals surface area (Å²) < 4.78 is 1.50.